The van der Waals surface area contributed by atoms with Gasteiger partial charge in [0.1, 0.15) is 6.04 Å². The second-order valence-electron chi connectivity index (χ2n) is 2.80. The van der Waals surface area contributed by atoms with E-state index in [1.807, 2.05) is 0 Å². The maximum absolute atomic E-state index is 11.1. The molecule has 0 spiro atoms. The Morgan fingerprint density at radius 2 is 2.31 bits per heavy atom. The van der Waals surface area contributed by atoms with Crippen LogP contribution in [0.2, 0.25) is 0 Å². The Hall–Kier alpha value is -1.85. The highest BCUT2D eigenvalue weighted by Gasteiger charge is 2.29. The summed E-state index contributed by atoms with van der Waals surface area (Å²) in [5, 5.41) is 4.65. The summed E-state index contributed by atoms with van der Waals surface area (Å²) >= 11 is 0. The van der Waals surface area contributed by atoms with E-state index in [9.17, 15) is 9.59 Å². The molecule has 3 N–H and O–H groups in total. The van der Waals surface area contributed by atoms with Crippen molar-refractivity contribution in [2.75, 3.05) is 0 Å². The lowest BCUT2D eigenvalue weighted by Crippen LogP contribution is -2.31. The molecule has 1 fully saturated rings. The smallest absolute Gasteiger partial charge is 0.322 e. The summed E-state index contributed by atoms with van der Waals surface area (Å²) < 4.78 is 0. The SMILES string of the molecule is O=C1NC(=O)[C@H](Cc2cnc[nH]2)N1. The van der Waals surface area contributed by atoms with E-state index in [0.717, 1.165) is 5.69 Å². The van der Waals surface area contributed by atoms with Crippen molar-refractivity contribution >= 4 is 11.9 Å². The molecule has 0 bridgehead atoms. The van der Waals surface area contributed by atoms with Gasteiger partial charge in [0.15, 0.2) is 0 Å². The summed E-state index contributed by atoms with van der Waals surface area (Å²) in [5.74, 6) is -0.292. The first-order valence-electron chi connectivity index (χ1n) is 3.84. The van der Waals surface area contributed by atoms with E-state index in [-0.39, 0.29) is 5.91 Å². The number of aromatic amines is 1. The minimum absolute atomic E-state index is 0.292. The van der Waals surface area contributed by atoms with E-state index >= 15 is 0 Å². The Labute approximate surface area is 73.7 Å². The molecular weight excluding hydrogens is 172 g/mol. The summed E-state index contributed by atoms with van der Waals surface area (Å²) in [4.78, 5) is 28.5. The normalized spacial score (nSPS) is 21.4. The Morgan fingerprint density at radius 1 is 1.46 bits per heavy atom. The van der Waals surface area contributed by atoms with Crippen molar-refractivity contribution in [3.05, 3.63) is 18.2 Å². The standard InChI is InChI=1S/C7H8N4O2/c12-6-5(10-7(13)11-6)1-4-2-8-3-9-4/h2-3,5H,1H2,(H,8,9)(H2,10,11,12,13)/t5-/m0/s1. The van der Waals surface area contributed by atoms with Crippen LogP contribution in [0.15, 0.2) is 12.5 Å². The molecule has 0 unspecified atom stereocenters. The molecule has 0 saturated carbocycles. The topological polar surface area (TPSA) is 86.9 Å². The molecular formula is C7H8N4O2. The molecule has 1 saturated heterocycles. The number of nitrogens with zero attached hydrogens (tertiary/aromatic N) is 1. The molecule has 2 heterocycles. The first-order chi connectivity index (χ1) is 6.25. The molecule has 1 aromatic heterocycles. The molecule has 1 aliphatic rings. The van der Waals surface area contributed by atoms with Crippen LogP contribution in [0, 0.1) is 0 Å². The van der Waals surface area contributed by atoms with Crippen molar-refractivity contribution in [2.24, 2.45) is 0 Å². The van der Waals surface area contributed by atoms with Gasteiger partial charge in [0.2, 0.25) is 0 Å². The number of imide groups is 1. The number of hydrogen-bond acceptors (Lipinski definition) is 3. The molecule has 0 radical (unpaired) electrons. The minimum Gasteiger partial charge on any atom is -0.348 e. The van der Waals surface area contributed by atoms with Crippen LogP contribution in [0.3, 0.4) is 0 Å². The van der Waals surface area contributed by atoms with Gasteiger partial charge in [0.25, 0.3) is 5.91 Å². The van der Waals surface area contributed by atoms with Gasteiger partial charge in [-0.15, -0.1) is 0 Å². The van der Waals surface area contributed by atoms with Crippen molar-refractivity contribution < 1.29 is 9.59 Å². The van der Waals surface area contributed by atoms with Crippen LogP contribution in [-0.4, -0.2) is 27.9 Å². The van der Waals surface area contributed by atoms with E-state index in [1.54, 1.807) is 6.20 Å². The maximum Gasteiger partial charge on any atom is 0.322 e. The Morgan fingerprint density at radius 3 is 2.85 bits per heavy atom. The monoisotopic (exact) mass is 180 g/mol. The Bertz CT molecular complexity index is 332. The van der Waals surface area contributed by atoms with Gasteiger partial charge in [0, 0.05) is 18.3 Å². The van der Waals surface area contributed by atoms with Gasteiger partial charge in [-0.1, -0.05) is 0 Å². The molecule has 0 aromatic carbocycles. The number of carbonyl (C=O) groups excluding carboxylic acids is 2. The van der Waals surface area contributed by atoms with Crippen molar-refractivity contribution in [1.29, 1.82) is 0 Å². The summed E-state index contributed by atoms with van der Waals surface area (Å²) in [7, 11) is 0. The average molecular weight is 180 g/mol. The van der Waals surface area contributed by atoms with E-state index < -0.39 is 12.1 Å². The molecule has 2 rings (SSSR count). The molecule has 13 heavy (non-hydrogen) atoms. The highest BCUT2D eigenvalue weighted by atomic mass is 16.2. The van der Waals surface area contributed by atoms with Gasteiger partial charge < -0.3 is 10.3 Å². The number of rotatable bonds is 2. The fourth-order valence-corrected chi connectivity index (χ4v) is 1.22. The predicted octanol–water partition coefficient (Wildman–Crippen LogP) is -0.840. The Balaban J connectivity index is 2.03. The predicted molar refractivity (Wildman–Crippen MR) is 42.8 cm³/mol. The summed E-state index contributed by atoms with van der Waals surface area (Å²) in [6.45, 7) is 0. The molecule has 1 aliphatic heterocycles. The number of H-pyrrole nitrogens is 1. The molecule has 1 atom stereocenters. The molecule has 3 amide bonds. The number of nitrogens with one attached hydrogen (secondary N) is 3. The average Bonchev–Trinajstić information content (AvgIpc) is 2.63. The first kappa shape index (κ1) is 7.78. The lowest BCUT2D eigenvalue weighted by molar-refractivity contribution is -0.120. The summed E-state index contributed by atoms with van der Waals surface area (Å²) in [6.07, 6.45) is 3.60. The van der Waals surface area contributed by atoms with E-state index in [0.29, 0.717) is 6.42 Å². The first-order valence-corrected chi connectivity index (χ1v) is 3.84. The van der Waals surface area contributed by atoms with Gasteiger partial charge in [-0.05, 0) is 0 Å². The lowest BCUT2D eigenvalue weighted by Gasteiger charge is -2.03. The van der Waals surface area contributed by atoms with Crippen molar-refractivity contribution in [1.82, 2.24) is 20.6 Å². The van der Waals surface area contributed by atoms with Crippen molar-refractivity contribution in [3.8, 4) is 0 Å². The number of aromatic nitrogens is 2. The van der Waals surface area contributed by atoms with E-state index in [4.69, 9.17) is 0 Å². The highest BCUT2D eigenvalue weighted by Crippen LogP contribution is 2.01. The fraction of sp³-hybridized carbons (Fsp3) is 0.286. The van der Waals surface area contributed by atoms with Gasteiger partial charge in [-0.2, -0.15) is 0 Å². The second kappa shape index (κ2) is 2.89. The third-order valence-corrected chi connectivity index (χ3v) is 1.84. The quantitative estimate of drug-likeness (QED) is 0.518. The van der Waals surface area contributed by atoms with Crippen molar-refractivity contribution in [3.63, 3.8) is 0 Å². The maximum atomic E-state index is 11.1. The number of amides is 3. The Kier molecular flexibility index (Phi) is 1.73. The molecule has 1 aromatic rings. The zero-order valence-corrected chi connectivity index (χ0v) is 6.70. The third kappa shape index (κ3) is 1.51. The highest BCUT2D eigenvalue weighted by molar-refractivity contribution is 6.04. The number of carbonyl (C=O) groups is 2. The van der Waals surface area contributed by atoms with Crippen LogP contribution in [-0.2, 0) is 11.2 Å². The summed E-state index contributed by atoms with van der Waals surface area (Å²) in [5.41, 5.74) is 0.822. The van der Waals surface area contributed by atoms with Gasteiger partial charge >= 0.3 is 6.03 Å². The van der Waals surface area contributed by atoms with Crippen LogP contribution >= 0.6 is 0 Å². The van der Waals surface area contributed by atoms with Crippen LogP contribution < -0.4 is 10.6 Å². The van der Waals surface area contributed by atoms with Crippen LogP contribution in [0.25, 0.3) is 0 Å². The second-order valence-corrected chi connectivity index (χ2v) is 2.80. The lowest BCUT2D eigenvalue weighted by atomic mass is 10.2. The fourth-order valence-electron chi connectivity index (χ4n) is 1.22. The molecule has 6 heteroatoms. The zero-order valence-electron chi connectivity index (χ0n) is 6.70. The number of imidazole rings is 1. The number of hydrogen-bond donors (Lipinski definition) is 3. The van der Waals surface area contributed by atoms with Gasteiger partial charge in [-0.3, -0.25) is 10.1 Å². The van der Waals surface area contributed by atoms with Gasteiger partial charge in [-0.25, -0.2) is 9.78 Å². The van der Waals surface area contributed by atoms with E-state index in [2.05, 4.69) is 20.6 Å². The van der Waals surface area contributed by atoms with Crippen molar-refractivity contribution in [2.45, 2.75) is 12.5 Å². The van der Waals surface area contributed by atoms with Gasteiger partial charge in [0.05, 0.1) is 6.33 Å². The zero-order chi connectivity index (χ0) is 9.26. The number of urea groups is 1. The van der Waals surface area contributed by atoms with Crippen LogP contribution in [0.4, 0.5) is 4.79 Å². The van der Waals surface area contributed by atoms with Crippen LogP contribution in [0.5, 0.6) is 0 Å². The summed E-state index contributed by atoms with van der Waals surface area (Å²) in [6, 6.07) is -0.914. The largest absolute Gasteiger partial charge is 0.348 e. The molecule has 0 aliphatic carbocycles. The van der Waals surface area contributed by atoms with Crippen LogP contribution in [0.1, 0.15) is 5.69 Å². The third-order valence-electron chi connectivity index (χ3n) is 1.84. The molecule has 68 valence electrons. The van der Waals surface area contributed by atoms with E-state index in [1.165, 1.54) is 6.33 Å². The molecule has 6 nitrogen and oxygen atoms in total. The minimum atomic E-state index is -0.479.